The predicted octanol–water partition coefficient (Wildman–Crippen LogP) is 0.865. The van der Waals surface area contributed by atoms with Gasteiger partial charge >= 0.3 is 5.69 Å². The molecule has 0 unspecified atom stereocenters. The van der Waals surface area contributed by atoms with Gasteiger partial charge in [-0.2, -0.15) is 4.51 Å². The third-order valence-corrected chi connectivity index (χ3v) is 3.19. The van der Waals surface area contributed by atoms with Crippen molar-refractivity contribution in [3.05, 3.63) is 31.6 Å². The highest BCUT2D eigenvalue weighted by atomic mass is 35.5. The highest BCUT2D eigenvalue weighted by molar-refractivity contribution is 6.31. The first-order chi connectivity index (χ1) is 8.11. The van der Waals surface area contributed by atoms with E-state index in [1.54, 1.807) is 0 Å². The van der Waals surface area contributed by atoms with Gasteiger partial charge in [0.25, 0.3) is 5.56 Å². The molecule has 6 nitrogen and oxygen atoms in total. The van der Waals surface area contributed by atoms with Crippen molar-refractivity contribution >= 4 is 29.2 Å². The van der Waals surface area contributed by atoms with Crippen molar-refractivity contribution in [1.29, 1.82) is 0 Å². The van der Waals surface area contributed by atoms with Crippen LogP contribution in [0.5, 0.6) is 0 Å². The fourth-order valence-electron chi connectivity index (χ4n) is 1.80. The molecule has 0 radical (unpaired) electrons. The van der Waals surface area contributed by atoms with Crippen molar-refractivity contribution in [2.75, 3.05) is 6.54 Å². The van der Waals surface area contributed by atoms with Gasteiger partial charge < -0.3 is 9.88 Å². The lowest BCUT2D eigenvalue weighted by molar-refractivity contribution is 0.441. The van der Waals surface area contributed by atoms with Gasteiger partial charge in [-0.25, -0.2) is 4.79 Å². The van der Waals surface area contributed by atoms with Crippen molar-refractivity contribution in [3.8, 4) is 0 Å². The second kappa shape index (κ2) is 4.93. The van der Waals surface area contributed by atoms with Crippen LogP contribution in [0.15, 0.2) is 14.1 Å². The number of aromatic amines is 2. The van der Waals surface area contributed by atoms with E-state index in [4.69, 9.17) is 23.4 Å². The fourth-order valence-corrected chi connectivity index (χ4v) is 2.14. The minimum Gasteiger partial charge on any atom is -0.353 e. The molecule has 1 aliphatic rings. The van der Waals surface area contributed by atoms with Crippen LogP contribution in [-0.2, 0) is 6.54 Å². The number of rotatable bonds is 2. The quantitative estimate of drug-likeness (QED) is 0.841. The Hall–Kier alpha value is -1.27. The number of aromatic nitrogens is 2. The maximum atomic E-state index is 11.3. The maximum absolute atomic E-state index is 11.3. The summed E-state index contributed by atoms with van der Waals surface area (Å²) in [6.07, 6.45) is 1.73. The standard InChI is InChI=1S/C9H10Cl2N4O2/c10-7-5(12-9(17)13-8(7)16)4-15-3-1-2-6(15)14-11/h1-4H2,(H2,12,13,16,17)/b14-6+. The Bertz CT molecular complexity index is 563. The molecule has 1 aliphatic heterocycles. The number of likely N-dealkylation sites (tertiary alicyclic amines) is 1. The first kappa shape index (κ1) is 12.2. The number of halogens is 2. The largest absolute Gasteiger partial charge is 0.353 e. The van der Waals surface area contributed by atoms with Crippen molar-refractivity contribution in [1.82, 2.24) is 14.9 Å². The minimum absolute atomic E-state index is 0.00887. The molecule has 0 amide bonds. The summed E-state index contributed by atoms with van der Waals surface area (Å²) in [5, 5.41) is -0.00887. The first-order valence-electron chi connectivity index (χ1n) is 5.05. The van der Waals surface area contributed by atoms with Gasteiger partial charge in [0.05, 0.1) is 12.2 Å². The summed E-state index contributed by atoms with van der Waals surface area (Å²) < 4.78 is 3.63. The van der Waals surface area contributed by atoms with Crippen LogP contribution in [0, 0.1) is 0 Å². The van der Waals surface area contributed by atoms with Gasteiger partial charge in [-0.15, -0.1) is 0 Å². The lowest BCUT2D eigenvalue weighted by Gasteiger charge is -2.17. The highest BCUT2D eigenvalue weighted by Gasteiger charge is 2.20. The Morgan fingerprint density at radius 3 is 2.82 bits per heavy atom. The van der Waals surface area contributed by atoms with Crippen LogP contribution < -0.4 is 11.2 Å². The smallest absolute Gasteiger partial charge is 0.326 e. The second-order valence-corrected chi connectivity index (χ2v) is 4.27. The van der Waals surface area contributed by atoms with Crippen LogP contribution in [0.3, 0.4) is 0 Å². The zero-order chi connectivity index (χ0) is 12.4. The van der Waals surface area contributed by atoms with Gasteiger partial charge in [0, 0.05) is 24.7 Å². The van der Waals surface area contributed by atoms with Crippen LogP contribution in [0.4, 0.5) is 0 Å². The second-order valence-electron chi connectivity index (χ2n) is 3.73. The predicted molar refractivity (Wildman–Crippen MR) is 65.6 cm³/mol. The Morgan fingerprint density at radius 2 is 2.12 bits per heavy atom. The number of hydrogen-bond donors (Lipinski definition) is 2. The van der Waals surface area contributed by atoms with Crippen molar-refractivity contribution in [3.63, 3.8) is 0 Å². The monoisotopic (exact) mass is 276 g/mol. The van der Waals surface area contributed by atoms with E-state index in [1.165, 1.54) is 0 Å². The number of H-pyrrole nitrogens is 2. The molecule has 17 heavy (non-hydrogen) atoms. The van der Waals surface area contributed by atoms with E-state index in [-0.39, 0.29) is 5.02 Å². The number of amidine groups is 1. The molecule has 2 heterocycles. The summed E-state index contributed by atoms with van der Waals surface area (Å²) in [6, 6.07) is 0. The molecule has 92 valence electrons. The van der Waals surface area contributed by atoms with E-state index in [0.717, 1.165) is 25.2 Å². The SMILES string of the molecule is O=c1[nH]c(CN2CCC/C2=N\Cl)c(Cl)c(=O)[nH]1. The summed E-state index contributed by atoms with van der Waals surface area (Å²) in [4.78, 5) is 28.9. The normalized spacial score (nSPS) is 18.0. The molecule has 1 saturated heterocycles. The Labute approximate surface area is 106 Å². The molecule has 0 aliphatic carbocycles. The molecular weight excluding hydrogens is 267 g/mol. The fraction of sp³-hybridized carbons (Fsp3) is 0.444. The molecule has 0 aromatic carbocycles. The van der Waals surface area contributed by atoms with Crippen LogP contribution in [0.1, 0.15) is 18.5 Å². The Morgan fingerprint density at radius 1 is 1.35 bits per heavy atom. The van der Waals surface area contributed by atoms with Gasteiger partial charge in [0.1, 0.15) is 10.9 Å². The summed E-state index contributed by atoms with van der Waals surface area (Å²) in [5.41, 5.74) is -0.785. The van der Waals surface area contributed by atoms with E-state index in [9.17, 15) is 9.59 Å². The minimum atomic E-state index is -0.589. The molecule has 8 heteroatoms. The van der Waals surface area contributed by atoms with Crippen molar-refractivity contribution in [2.24, 2.45) is 4.51 Å². The third kappa shape index (κ3) is 2.53. The van der Waals surface area contributed by atoms with Crippen molar-refractivity contribution in [2.45, 2.75) is 19.4 Å². The number of hydrogen-bond acceptors (Lipinski definition) is 3. The summed E-state index contributed by atoms with van der Waals surface area (Å²) >= 11 is 11.3. The molecule has 0 atom stereocenters. The van der Waals surface area contributed by atoms with Gasteiger partial charge in [-0.3, -0.25) is 9.78 Å². The molecule has 1 fully saturated rings. The molecule has 1 aromatic rings. The van der Waals surface area contributed by atoms with Gasteiger partial charge in [-0.1, -0.05) is 11.6 Å². The van der Waals surface area contributed by atoms with Crippen LogP contribution >= 0.6 is 23.4 Å². The molecule has 0 spiro atoms. The lowest BCUT2D eigenvalue weighted by atomic mass is 10.3. The molecule has 0 saturated carbocycles. The molecule has 2 N–H and O–H groups in total. The molecule has 2 rings (SSSR count). The van der Waals surface area contributed by atoms with E-state index in [0.29, 0.717) is 12.2 Å². The Kier molecular flexibility index (Phi) is 3.54. The average Bonchev–Trinajstić information content (AvgIpc) is 2.72. The molecule has 1 aromatic heterocycles. The third-order valence-electron chi connectivity index (χ3n) is 2.60. The van der Waals surface area contributed by atoms with E-state index >= 15 is 0 Å². The molecule has 0 bridgehead atoms. The van der Waals surface area contributed by atoms with E-state index in [1.807, 2.05) is 4.90 Å². The molecular formula is C9H10Cl2N4O2. The van der Waals surface area contributed by atoms with Crippen LogP contribution in [-0.4, -0.2) is 27.2 Å². The van der Waals surface area contributed by atoms with Gasteiger partial charge in [-0.05, 0) is 6.42 Å². The van der Waals surface area contributed by atoms with Gasteiger partial charge in [0.2, 0.25) is 0 Å². The highest BCUT2D eigenvalue weighted by Crippen LogP contribution is 2.17. The summed E-state index contributed by atoms with van der Waals surface area (Å²) in [6.45, 7) is 1.10. The van der Waals surface area contributed by atoms with Crippen LogP contribution in [0.25, 0.3) is 0 Å². The van der Waals surface area contributed by atoms with E-state index < -0.39 is 11.2 Å². The van der Waals surface area contributed by atoms with Crippen molar-refractivity contribution < 1.29 is 0 Å². The lowest BCUT2D eigenvalue weighted by Crippen LogP contribution is -2.30. The number of nitrogens with zero attached hydrogens (tertiary/aromatic N) is 2. The maximum Gasteiger partial charge on any atom is 0.326 e. The van der Waals surface area contributed by atoms with Gasteiger partial charge in [0.15, 0.2) is 0 Å². The summed E-state index contributed by atoms with van der Waals surface area (Å²) in [5.74, 6) is 0.740. The zero-order valence-electron chi connectivity index (χ0n) is 8.80. The van der Waals surface area contributed by atoms with Crippen LogP contribution in [0.2, 0.25) is 5.02 Å². The first-order valence-corrected chi connectivity index (χ1v) is 5.77. The summed E-state index contributed by atoms with van der Waals surface area (Å²) in [7, 11) is 0. The number of nitrogens with one attached hydrogen (secondary N) is 2. The average molecular weight is 277 g/mol. The topological polar surface area (TPSA) is 81.3 Å². The van der Waals surface area contributed by atoms with E-state index in [2.05, 4.69) is 14.5 Å². The Balaban J connectivity index is 2.30. The zero-order valence-corrected chi connectivity index (χ0v) is 10.3.